The molecule has 58 heavy (non-hydrogen) atoms. The number of nitrogens with two attached hydrogens (primary N) is 2. The topological polar surface area (TPSA) is 217 Å². The quantitative estimate of drug-likeness (QED) is 0.135. The largest absolute Gasteiger partial charge is 0.343 e. The van der Waals surface area contributed by atoms with Crippen LogP contribution >= 0.6 is 0 Å². The van der Waals surface area contributed by atoms with Gasteiger partial charge in [-0.2, -0.15) is 0 Å². The molecule has 0 aromatic heterocycles. The van der Waals surface area contributed by atoms with Gasteiger partial charge in [-0.15, -0.1) is 0 Å². The predicted molar refractivity (Wildman–Crippen MR) is 223 cm³/mol. The lowest BCUT2D eigenvalue weighted by atomic mass is 9.72. The Bertz CT molecular complexity index is 1770. The van der Waals surface area contributed by atoms with Crippen LogP contribution in [0.4, 0.5) is 4.79 Å². The van der Waals surface area contributed by atoms with E-state index in [4.69, 9.17) is 11.5 Å². The van der Waals surface area contributed by atoms with Gasteiger partial charge >= 0.3 is 6.03 Å². The fourth-order valence-corrected chi connectivity index (χ4v) is 9.18. The average Bonchev–Trinajstić information content (AvgIpc) is 3.15. The highest BCUT2D eigenvalue weighted by Gasteiger charge is 2.50. The van der Waals surface area contributed by atoms with Crippen molar-refractivity contribution in [2.45, 2.75) is 101 Å². The molecule has 4 aliphatic rings. The van der Waals surface area contributed by atoms with Crippen molar-refractivity contribution in [1.29, 1.82) is 0 Å². The van der Waals surface area contributed by atoms with Gasteiger partial charge in [-0.05, 0) is 75.3 Å². The number of urea groups is 1. The SMILES string of the molecule is CC(C)C[C@@H](NC(=O)[C@@H](Cc1ccccc1)NC(=O)[C@H](N)CC1C=CC=CC1)C(=O)N[C@H](CCCCN)C(=O)N1CCC2(CC1)CN(C(=O)N1CC(S(C)(=O)=O)C1)C2. The minimum absolute atomic E-state index is 0.0186. The van der Waals surface area contributed by atoms with Gasteiger partial charge in [0.2, 0.25) is 23.6 Å². The van der Waals surface area contributed by atoms with Crippen molar-refractivity contribution in [2.24, 2.45) is 28.7 Å². The van der Waals surface area contributed by atoms with Crippen LogP contribution in [0.2, 0.25) is 0 Å². The van der Waals surface area contributed by atoms with Gasteiger partial charge in [-0.3, -0.25) is 19.2 Å². The minimum atomic E-state index is -3.17. The van der Waals surface area contributed by atoms with Crippen molar-refractivity contribution in [3.63, 3.8) is 0 Å². The number of hydrogen-bond donors (Lipinski definition) is 5. The molecule has 7 N–H and O–H groups in total. The fourth-order valence-electron chi connectivity index (χ4n) is 8.28. The van der Waals surface area contributed by atoms with Gasteiger partial charge in [-0.25, -0.2) is 13.2 Å². The molecule has 3 heterocycles. The number of benzene rings is 1. The van der Waals surface area contributed by atoms with E-state index in [-0.39, 0.29) is 48.7 Å². The molecule has 15 nitrogen and oxygen atoms in total. The number of hydrogen-bond acceptors (Lipinski definition) is 9. The number of allylic oxidation sites excluding steroid dienone is 4. The lowest BCUT2D eigenvalue weighted by molar-refractivity contribution is -0.141. The Balaban J connectivity index is 1.20. The van der Waals surface area contributed by atoms with Crippen molar-refractivity contribution in [1.82, 2.24) is 30.7 Å². The van der Waals surface area contributed by atoms with Crippen LogP contribution in [0.1, 0.15) is 70.8 Å². The van der Waals surface area contributed by atoms with Crippen LogP contribution < -0.4 is 27.4 Å². The lowest BCUT2D eigenvalue weighted by Crippen LogP contribution is -2.68. The number of unbranched alkanes of at least 4 members (excludes halogenated alkanes) is 1. The number of amides is 6. The molecule has 3 saturated heterocycles. The second-order valence-electron chi connectivity index (χ2n) is 17.3. The maximum Gasteiger partial charge on any atom is 0.320 e. The highest BCUT2D eigenvalue weighted by molar-refractivity contribution is 7.91. The van der Waals surface area contributed by atoms with Crippen LogP contribution in [-0.4, -0.2) is 134 Å². The van der Waals surface area contributed by atoms with Gasteiger partial charge < -0.3 is 42.1 Å². The third-order valence-corrected chi connectivity index (χ3v) is 13.5. The Morgan fingerprint density at radius 3 is 2.09 bits per heavy atom. The van der Waals surface area contributed by atoms with Gasteiger partial charge in [0.1, 0.15) is 18.1 Å². The van der Waals surface area contributed by atoms with Crippen LogP contribution in [0.5, 0.6) is 0 Å². The molecule has 1 aromatic rings. The lowest BCUT2D eigenvalue weighted by Gasteiger charge is -2.55. The summed E-state index contributed by atoms with van der Waals surface area (Å²) in [4.78, 5) is 73.6. The van der Waals surface area contributed by atoms with E-state index in [9.17, 15) is 32.4 Å². The summed E-state index contributed by atoms with van der Waals surface area (Å²) in [6, 6.07) is 5.55. The Morgan fingerprint density at radius 2 is 1.48 bits per heavy atom. The number of nitrogens with one attached hydrogen (secondary N) is 3. The van der Waals surface area contributed by atoms with E-state index in [1.54, 1.807) is 14.7 Å². The van der Waals surface area contributed by atoms with Gasteiger partial charge in [0.05, 0.1) is 11.3 Å². The van der Waals surface area contributed by atoms with E-state index in [1.807, 2.05) is 68.5 Å². The number of sulfone groups is 1. The summed E-state index contributed by atoms with van der Waals surface area (Å²) < 4.78 is 23.6. The van der Waals surface area contributed by atoms with Crippen molar-refractivity contribution >= 4 is 39.5 Å². The maximum absolute atomic E-state index is 14.1. The molecule has 1 aliphatic carbocycles. The van der Waals surface area contributed by atoms with Crippen LogP contribution in [0, 0.1) is 17.3 Å². The molecule has 1 unspecified atom stereocenters. The summed E-state index contributed by atoms with van der Waals surface area (Å²) in [6.45, 7) is 6.87. The maximum atomic E-state index is 14.1. The van der Waals surface area contributed by atoms with Crippen molar-refractivity contribution in [3.8, 4) is 0 Å². The Morgan fingerprint density at radius 1 is 0.845 bits per heavy atom. The third kappa shape index (κ3) is 12.1. The van der Waals surface area contributed by atoms with Crippen molar-refractivity contribution in [2.75, 3.05) is 52.1 Å². The first-order valence-electron chi connectivity index (χ1n) is 20.8. The fraction of sp³-hybridized carbons (Fsp3) is 0.643. The molecule has 0 radical (unpaired) electrons. The summed E-state index contributed by atoms with van der Waals surface area (Å²) in [7, 11) is -3.17. The normalized spacial score (nSPS) is 21.1. The molecular weight excluding hydrogens is 761 g/mol. The standard InChI is InChI=1S/C42H64N8O7S/c1-29(2)22-35(47-39(53)36(24-31-14-8-5-9-15-31)46-37(51)33(44)23-30-12-6-4-7-13-30)38(52)45-34(16-10-11-19-43)40(54)48-20-17-42(18-21-48)27-50(28-42)41(55)49-25-32(26-49)58(3,56)57/h4-9,12,14-15,29-30,32-36H,10-11,13,16-28,43-44H2,1-3H3,(H,45,52)(H,46,51)(H,47,53)/t30?,33-,34-,35-,36-/m1/s1. The highest BCUT2D eigenvalue weighted by Crippen LogP contribution is 2.41. The smallest absolute Gasteiger partial charge is 0.320 e. The first-order valence-corrected chi connectivity index (χ1v) is 22.8. The molecule has 1 aromatic carbocycles. The summed E-state index contributed by atoms with van der Waals surface area (Å²) in [5.74, 6) is -1.50. The van der Waals surface area contributed by atoms with Crippen molar-refractivity contribution in [3.05, 3.63) is 60.2 Å². The average molecular weight is 825 g/mol. The Labute approximate surface area is 343 Å². The monoisotopic (exact) mass is 824 g/mol. The van der Waals surface area contributed by atoms with E-state index >= 15 is 0 Å². The van der Waals surface area contributed by atoms with E-state index in [2.05, 4.69) is 16.0 Å². The first kappa shape index (κ1) is 44.8. The second-order valence-corrected chi connectivity index (χ2v) is 19.6. The molecule has 3 aliphatic heterocycles. The number of piperidine rings is 1. The molecule has 0 bridgehead atoms. The summed E-state index contributed by atoms with van der Waals surface area (Å²) in [5, 5.41) is 8.25. The molecule has 6 amide bonds. The summed E-state index contributed by atoms with van der Waals surface area (Å²) in [6.07, 6.45) is 13.9. The Kier molecular flexibility index (Phi) is 15.5. The third-order valence-electron chi connectivity index (χ3n) is 12.0. The van der Waals surface area contributed by atoms with Gasteiger partial charge in [0.25, 0.3) is 0 Å². The van der Waals surface area contributed by atoms with E-state index < -0.39 is 57.0 Å². The molecule has 16 heteroatoms. The molecule has 5 rings (SSSR count). The zero-order valence-electron chi connectivity index (χ0n) is 34.3. The molecule has 5 atom stereocenters. The molecular formula is C42H64N8O7S. The van der Waals surface area contributed by atoms with Gasteiger partial charge in [0.15, 0.2) is 9.84 Å². The van der Waals surface area contributed by atoms with Crippen LogP contribution in [0.3, 0.4) is 0 Å². The minimum Gasteiger partial charge on any atom is -0.343 e. The van der Waals surface area contributed by atoms with E-state index in [0.717, 1.165) is 12.0 Å². The molecule has 1 spiro atoms. The van der Waals surface area contributed by atoms with Gasteiger partial charge in [0, 0.05) is 57.4 Å². The van der Waals surface area contributed by atoms with Crippen molar-refractivity contribution < 1.29 is 32.4 Å². The number of carbonyl (C=O) groups excluding carboxylic acids is 5. The number of nitrogens with zero attached hydrogens (tertiary/aromatic N) is 3. The number of carbonyl (C=O) groups is 5. The van der Waals surface area contributed by atoms with E-state index in [1.165, 1.54) is 6.26 Å². The molecule has 3 fully saturated rings. The van der Waals surface area contributed by atoms with E-state index in [0.29, 0.717) is 77.7 Å². The van der Waals surface area contributed by atoms with Crippen LogP contribution in [0.15, 0.2) is 54.6 Å². The zero-order valence-corrected chi connectivity index (χ0v) is 35.1. The van der Waals surface area contributed by atoms with Gasteiger partial charge in [-0.1, -0.05) is 68.5 Å². The second kappa shape index (κ2) is 20.1. The zero-order chi connectivity index (χ0) is 42.0. The predicted octanol–water partition coefficient (Wildman–Crippen LogP) is 1.48. The number of rotatable bonds is 18. The molecule has 320 valence electrons. The van der Waals surface area contributed by atoms with Crippen LogP contribution in [-0.2, 0) is 35.4 Å². The Hall–Kier alpha value is -4.28. The summed E-state index contributed by atoms with van der Waals surface area (Å²) in [5.41, 5.74) is 12.9. The van der Waals surface area contributed by atoms with Crippen LogP contribution in [0.25, 0.3) is 0 Å². The summed E-state index contributed by atoms with van der Waals surface area (Å²) >= 11 is 0. The highest BCUT2D eigenvalue weighted by atomic mass is 32.2. The number of likely N-dealkylation sites (tertiary alicyclic amines) is 3. The first-order chi connectivity index (χ1) is 27.6. The molecule has 0 saturated carbocycles.